The van der Waals surface area contributed by atoms with Crippen LogP contribution in [0.2, 0.25) is 0 Å². The summed E-state index contributed by atoms with van der Waals surface area (Å²) < 4.78 is 32.3. The number of sulfonamides is 1. The first-order chi connectivity index (χ1) is 9.96. The van der Waals surface area contributed by atoms with Crippen LogP contribution in [0, 0.1) is 6.92 Å². The molecular formula is C14H18N2O4S. The second kappa shape index (κ2) is 6.38. The Morgan fingerprint density at radius 3 is 2.67 bits per heavy atom. The fourth-order valence-electron chi connectivity index (χ4n) is 1.98. The summed E-state index contributed by atoms with van der Waals surface area (Å²) in [4.78, 5) is 0.188. The molecule has 0 fully saturated rings. The predicted molar refractivity (Wildman–Crippen MR) is 77.0 cm³/mol. The van der Waals surface area contributed by atoms with Gasteiger partial charge in [0, 0.05) is 6.07 Å². The summed E-state index contributed by atoms with van der Waals surface area (Å²) in [5.41, 5.74) is 1.96. The van der Waals surface area contributed by atoms with Crippen LogP contribution in [0.5, 0.6) is 0 Å². The zero-order chi connectivity index (χ0) is 15.5. The molecular weight excluding hydrogens is 292 g/mol. The predicted octanol–water partition coefficient (Wildman–Crippen LogP) is 1.52. The second-order valence-corrected chi connectivity index (χ2v) is 6.45. The van der Waals surface area contributed by atoms with Gasteiger partial charge in [0.25, 0.3) is 0 Å². The number of hydrogen-bond acceptors (Lipinski definition) is 5. The van der Waals surface area contributed by atoms with Crippen LogP contribution in [0.25, 0.3) is 0 Å². The molecule has 0 amide bonds. The van der Waals surface area contributed by atoms with Gasteiger partial charge in [-0.05, 0) is 30.5 Å². The van der Waals surface area contributed by atoms with Crippen LogP contribution in [-0.2, 0) is 29.6 Å². The van der Waals surface area contributed by atoms with Crippen molar-refractivity contribution >= 4 is 10.0 Å². The fraction of sp³-hybridized carbons (Fsp3) is 0.357. The van der Waals surface area contributed by atoms with E-state index in [4.69, 9.17) is 9.63 Å². The van der Waals surface area contributed by atoms with Gasteiger partial charge in [-0.15, -0.1) is 0 Å². The first kappa shape index (κ1) is 15.7. The summed E-state index contributed by atoms with van der Waals surface area (Å²) >= 11 is 0. The number of nitrogens with zero attached hydrogens (tertiary/aromatic N) is 1. The molecule has 2 N–H and O–H groups in total. The van der Waals surface area contributed by atoms with E-state index in [0.29, 0.717) is 29.0 Å². The summed E-state index contributed by atoms with van der Waals surface area (Å²) in [7, 11) is -3.67. The highest BCUT2D eigenvalue weighted by molar-refractivity contribution is 7.89. The van der Waals surface area contributed by atoms with E-state index in [9.17, 15) is 8.42 Å². The maximum Gasteiger partial charge on any atom is 0.241 e. The lowest BCUT2D eigenvalue weighted by Gasteiger charge is -2.11. The summed E-state index contributed by atoms with van der Waals surface area (Å²) in [5, 5.41) is 12.9. The Morgan fingerprint density at radius 2 is 2.10 bits per heavy atom. The Bertz CT molecular complexity index is 722. The largest absolute Gasteiger partial charge is 0.392 e. The molecule has 0 aliphatic heterocycles. The lowest BCUT2D eigenvalue weighted by Crippen LogP contribution is -2.24. The Balaban J connectivity index is 2.26. The minimum Gasteiger partial charge on any atom is -0.392 e. The van der Waals surface area contributed by atoms with Crippen LogP contribution in [-0.4, -0.2) is 18.7 Å². The molecule has 1 heterocycles. The van der Waals surface area contributed by atoms with Crippen molar-refractivity contribution in [3.05, 3.63) is 46.8 Å². The zero-order valence-electron chi connectivity index (χ0n) is 12.0. The number of aliphatic hydroxyl groups is 1. The molecule has 0 atom stereocenters. The maximum absolute atomic E-state index is 12.4. The number of aromatic nitrogens is 1. The molecule has 0 aliphatic carbocycles. The lowest BCUT2D eigenvalue weighted by atomic mass is 10.1. The molecule has 0 aliphatic rings. The molecule has 1 aromatic carbocycles. The van der Waals surface area contributed by atoms with Gasteiger partial charge in [-0.25, -0.2) is 13.1 Å². The molecule has 1 aromatic heterocycles. The average molecular weight is 310 g/mol. The minimum absolute atomic E-state index is 0.0374. The third kappa shape index (κ3) is 3.69. The van der Waals surface area contributed by atoms with Crippen molar-refractivity contribution in [2.75, 3.05) is 0 Å². The van der Waals surface area contributed by atoms with E-state index in [2.05, 4.69) is 9.88 Å². The Labute approximate surface area is 123 Å². The minimum atomic E-state index is -3.67. The lowest BCUT2D eigenvalue weighted by molar-refractivity contribution is 0.281. The van der Waals surface area contributed by atoms with Crippen molar-refractivity contribution in [1.82, 2.24) is 9.88 Å². The molecule has 2 rings (SSSR count). The summed E-state index contributed by atoms with van der Waals surface area (Å²) in [5.74, 6) is 0.451. The number of nitrogens with one attached hydrogen (secondary N) is 1. The monoisotopic (exact) mass is 310 g/mol. The quantitative estimate of drug-likeness (QED) is 0.844. The first-order valence-electron chi connectivity index (χ1n) is 6.60. The first-order valence-corrected chi connectivity index (χ1v) is 8.09. The normalized spacial score (nSPS) is 11.8. The zero-order valence-corrected chi connectivity index (χ0v) is 12.8. The molecule has 0 spiro atoms. The molecule has 114 valence electrons. The van der Waals surface area contributed by atoms with E-state index in [1.54, 1.807) is 25.1 Å². The van der Waals surface area contributed by atoms with Crippen LogP contribution in [0.4, 0.5) is 0 Å². The number of benzene rings is 1. The highest BCUT2D eigenvalue weighted by Crippen LogP contribution is 2.19. The third-order valence-corrected chi connectivity index (χ3v) is 4.58. The van der Waals surface area contributed by atoms with Gasteiger partial charge in [0.1, 0.15) is 0 Å². The van der Waals surface area contributed by atoms with Crippen LogP contribution in [0.3, 0.4) is 0 Å². The molecule has 0 saturated carbocycles. The van der Waals surface area contributed by atoms with Gasteiger partial charge in [-0.3, -0.25) is 0 Å². The number of hydrogen-bond donors (Lipinski definition) is 2. The Morgan fingerprint density at radius 1 is 1.33 bits per heavy atom. The van der Waals surface area contributed by atoms with Crippen LogP contribution in [0.1, 0.15) is 29.5 Å². The van der Waals surface area contributed by atoms with Gasteiger partial charge >= 0.3 is 0 Å². The van der Waals surface area contributed by atoms with Crippen LogP contribution >= 0.6 is 0 Å². The van der Waals surface area contributed by atoms with Gasteiger partial charge in [0.2, 0.25) is 10.0 Å². The SMILES string of the molecule is CCc1ccc(CO)cc1S(=O)(=O)NCc1cc(C)no1. The summed E-state index contributed by atoms with van der Waals surface area (Å²) in [6.07, 6.45) is 0.587. The number of aryl methyl sites for hydroxylation is 2. The summed E-state index contributed by atoms with van der Waals surface area (Å²) in [6.45, 7) is 3.48. The molecule has 0 saturated heterocycles. The maximum atomic E-state index is 12.4. The smallest absolute Gasteiger partial charge is 0.241 e. The van der Waals surface area contributed by atoms with Gasteiger partial charge in [0.15, 0.2) is 5.76 Å². The number of rotatable bonds is 6. The van der Waals surface area contributed by atoms with Gasteiger partial charge in [-0.1, -0.05) is 24.2 Å². The van der Waals surface area contributed by atoms with Gasteiger partial charge in [0.05, 0.1) is 23.7 Å². The standard InChI is InChI=1S/C14H18N2O4S/c1-3-12-5-4-11(9-17)7-14(12)21(18,19)15-8-13-6-10(2)16-20-13/h4-7,15,17H,3,8-9H2,1-2H3. The third-order valence-electron chi connectivity index (χ3n) is 3.10. The highest BCUT2D eigenvalue weighted by Gasteiger charge is 2.19. The van der Waals surface area contributed by atoms with E-state index < -0.39 is 10.0 Å². The van der Waals surface area contributed by atoms with Crippen molar-refractivity contribution in [1.29, 1.82) is 0 Å². The molecule has 7 heteroatoms. The van der Waals surface area contributed by atoms with Crippen molar-refractivity contribution in [2.24, 2.45) is 0 Å². The van der Waals surface area contributed by atoms with Crippen LogP contribution < -0.4 is 4.72 Å². The van der Waals surface area contributed by atoms with Crippen LogP contribution in [0.15, 0.2) is 33.7 Å². The van der Waals surface area contributed by atoms with E-state index in [1.807, 2.05) is 6.92 Å². The molecule has 21 heavy (non-hydrogen) atoms. The second-order valence-electron chi connectivity index (χ2n) is 4.71. The van der Waals surface area contributed by atoms with E-state index in [0.717, 1.165) is 0 Å². The molecule has 6 nitrogen and oxygen atoms in total. The number of aliphatic hydroxyl groups excluding tert-OH is 1. The van der Waals surface area contributed by atoms with Gasteiger partial charge < -0.3 is 9.63 Å². The van der Waals surface area contributed by atoms with Crippen molar-refractivity contribution < 1.29 is 18.0 Å². The van der Waals surface area contributed by atoms with E-state index >= 15 is 0 Å². The fourth-order valence-corrected chi connectivity index (χ4v) is 3.33. The van der Waals surface area contributed by atoms with E-state index in [-0.39, 0.29) is 18.0 Å². The topological polar surface area (TPSA) is 92.4 Å². The molecule has 0 bridgehead atoms. The average Bonchev–Trinajstić information content (AvgIpc) is 2.90. The van der Waals surface area contributed by atoms with E-state index in [1.165, 1.54) is 6.07 Å². The van der Waals surface area contributed by atoms with Gasteiger partial charge in [-0.2, -0.15) is 0 Å². The Kier molecular flexibility index (Phi) is 4.76. The van der Waals surface area contributed by atoms with Crippen molar-refractivity contribution in [3.63, 3.8) is 0 Å². The summed E-state index contributed by atoms with van der Waals surface area (Å²) in [6, 6.07) is 6.61. The Hall–Kier alpha value is -1.70. The van der Waals surface area contributed by atoms with Crippen molar-refractivity contribution in [2.45, 2.75) is 38.3 Å². The molecule has 2 aromatic rings. The molecule has 0 unspecified atom stereocenters. The van der Waals surface area contributed by atoms with Crippen molar-refractivity contribution in [3.8, 4) is 0 Å². The molecule has 0 radical (unpaired) electrons. The highest BCUT2D eigenvalue weighted by atomic mass is 32.2.